The molecular weight excluding hydrogens is 268 g/mol. The lowest BCUT2D eigenvalue weighted by molar-refractivity contribution is 0.202. The Hall–Kier alpha value is -1.56. The summed E-state index contributed by atoms with van der Waals surface area (Å²) in [5, 5.41) is 0. The zero-order valence-electron chi connectivity index (χ0n) is 13.2. The van der Waals surface area contributed by atoms with Crippen molar-refractivity contribution < 1.29 is 9.47 Å². The van der Waals surface area contributed by atoms with Crippen LogP contribution in [0.5, 0.6) is 5.88 Å². The minimum absolute atomic E-state index is 0.399. The molecule has 1 aliphatic carbocycles. The fraction of sp³-hybridized carbons (Fsp3) is 0.733. The van der Waals surface area contributed by atoms with Gasteiger partial charge in [-0.15, -0.1) is 0 Å². The van der Waals surface area contributed by atoms with Crippen LogP contribution in [0.15, 0.2) is 6.33 Å². The van der Waals surface area contributed by atoms with Crippen molar-refractivity contribution >= 4 is 11.5 Å². The summed E-state index contributed by atoms with van der Waals surface area (Å²) in [4.78, 5) is 10.7. The molecule has 1 fully saturated rings. The summed E-state index contributed by atoms with van der Waals surface area (Å²) in [7, 11) is 1.71. The van der Waals surface area contributed by atoms with E-state index in [0.717, 1.165) is 24.7 Å². The standard InChI is InChI=1S/C15H26N4O2/c1-4-8-21-15-13(16)14(17-10-18-15)19(7-9-20-3)11(2)12-5-6-12/h10-12H,4-9,16H2,1-3H3. The van der Waals surface area contributed by atoms with Crippen molar-refractivity contribution in [1.82, 2.24) is 9.97 Å². The summed E-state index contributed by atoms with van der Waals surface area (Å²) in [6.45, 7) is 6.30. The van der Waals surface area contributed by atoms with Gasteiger partial charge in [-0.2, -0.15) is 4.98 Å². The fourth-order valence-corrected chi connectivity index (χ4v) is 2.44. The van der Waals surface area contributed by atoms with Crippen LogP contribution in [0.2, 0.25) is 0 Å². The van der Waals surface area contributed by atoms with Gasteiger partial charge in [-0.3, -0.25) is 0 Å². The van der Waals surface area contributed by atoms with E-state index in [0.29, 0.717) is 30.8 Å². The van der Waals surface area contributed by atoms with Crippen molar-refractivity contribution in [3.63, 3.8) is 0 Å². The predicted octanol–water partition coefficient (Wildman–Crippen LogP) is 2.10. The van der Waals surface area contributed by atoms with Gasteiger partial charge >= 0.3 is 0 Å². The van der Waals surface area contributed by atoms with Crippen LogP contribution in [0.4, 0.5) is 11.5 Å². The van der Waals surface area contributed by atoms with Crippen molar-refractivity contribution in [2.45, 2.75) is 39.2 Å². The van der Waals surface area contributed by atoms with E-state index in [1.54, 1.807) is 7.11 Å². The van der Waals surface area contributed by atoms with Crippen molar-refractivity contribution in [2.75, 3.05) is 37.5 Å². The zero-order valence-corrected chi connectivity index (χ0v) is 13.2. The Bertz CT molecular complexity index is 451. The number of anilines is 2. The summed E-state index contributed by atoms with van der Waals surface area (Å²) in [6, 6.07) is 0.399. The van der Waals surface area contributed by atoms with Gasteiger partial charge in [0.05, 0.1) is 13.2 Å². The van der Waals surface area contributed by atoms with Crippen LogP contribution in [-0.2, 0) is 4.74 Å². The second kappa shape index (κ2) is 7.45. The third-order valence-corrected chi connectivity index (χ3v) is 3.87. The van der Waals surface area contributed by atoms with Crippen LogP contribution in [-0.4, -0.2) is 42.9 Å². The molecule has 0 radical (unpaired) electrons. The maximum atomic E-state index is 6.22. The highest BCUT2D eigenvalue weighted by atomic mass is 16.5. The summed E-state index contributed by atoms with van der Waals surface area (Å²) in [5.41, 5.74) is 6.75. The number of methoxy groups -OCH3 is 1. The number of hydrogen-bond donors (Lipinski definition) is 1. The van der Waals surface area contributed by atoms with Gasteiger partial charge in [-0.25, -0.2) is 4.98 Å². The van der Waals surface area contributed by atoms with Crippen LogP contribution in [0.3, 0.4) is 0 Å². The SMILES string of the molecule is CCCOc1ncnc(N(CCOC)C(C)C2CC2)c1N. The average Bonchev–Trinajstić information content (AvgIpc) is 3.32. The number of nitrogen functional groups attached to an aromatic ring is 1. The largest absolute Gasteiger partial charge is 0.476 e. The number of rotatable bonds is 9. The molecule has 6 nitrogen and oxygen atoms in total. The maximum Gasteiger partial charge on any atom is 0.242 e. The molecule has 0 saturated heterocycles. The minimum Gasteiger partial charge on any atom is -0.476 e. The van der Waals surface area contributed by atoms with E-state index in [1.165, 1.54) is 19.2 Å². The molecule has 0 aliphatic heterocycles. The van der Waals surface area contributed by atoms with Gasteiger partial charge in [0.25, 0.3) is 0 Å². The average molecular weight is 294 g/mol. The first-order valence-electron chi connectivity index (χ1n) is 7.67. The van der Waals surface area contributed by atoms with Gasteiger partial charge in [0.15, 0.2) is 5.82 Å². The molecule has 0 amide bonds. The van der Waals surface area contributed by atoms with Gasteiger partial charge in [0.1, 0.15) is 12.0 Å². The highest BCUT2D eigenvalue weighted by Crippen LogP contribution is 2.38. The molecule has 21 heavy (non-hydrogen) atoms. The Morgan fingerprint density at radius 2 is 2.14 bits per heavy atom. The molecule has 0 spiro atoms. The molecule has 1 aliphatic rings. The Morgan fingerprint density at radius 1 is 1.38 bits per heavy atom. The van der Waals surface area contributed by atoms with Gasteiger partial charge < -0.3 is 20.1 Å². The number of ether oxygens (including phenoxy) is 2. The number of nitrogens with two attached hydrogens (primary N) is 1. The summed E-state index contributed by atoms with van der Waals surface area (Å²) in [6.07, 6.45) is 4.99. The van der Waals surface area contributed by atoms with E-state index in [1.807, 2.05) is 0 Å². The second-order valence-corrected chi connectivity index (χ2v) is 5.53. The lowest BCUT2D eigenvalue weighted by Gasteiger charge is -2.31. The maximum absolute atomic E-state index is 6.22. The molecular formula is C15H26N4O2. The fourth-order valence-electron chi connectivity index (χ4n) is 2.44. The normalized spacial score (nSPS) is 15.8. The number of aromatic nitrogens is 2. The van der Waals surface area contributed by atoms with E-state index in [2.05, 4.69) is 28.7 Å². The Balaban J connectivity index is 2.21. The first-order valence-corrected chi connectivity index (χ1v) is 7.67. The molecule has 1 atom stereocenters. The molecule has 1 aromatic rings. The van der Waals surface area contributed by atoms with Crippen molar-refractivity contribution in [3.8, 4) is 5.88 Å². The molecule has 0 bridgehead atoms. The summed E-state index contributed by atoms with van der Waals surface area (Å²) in [5.74, 6) is 1.95. The summed E-state index contributed by atoms with van der Waals surface area (Å²) < 4.78 is 10.8. The van der Waals surface area contributed by atoms with Crippen LogP contribution < -0.4 is 15.4 Å². The summed E-state index contributed by atoms with van der Waals surface area (Å²) >= 11 is 0. The van der Waals surface area contributed by atoms with Crippen molar-refractivity contribution in [2.24, 2.45) is 5.92 Å². The van der Waals surface area contributed by atoms with Gasteiger partial charge in [-0.05, 0) is 32.1 Å². The Morgan fingerprint density at radius 3 is 2.76 bits per heavy atom. The molecule has 1 saturated carbocycles. The molecule has 0 aromatic carbocycles. The molecule has 2 rings (SSSR count). The van der Waals surface area contributed by atoms with E-state index in [4.69, 9.17) is 15.2 Å². The number of hydrogen-bond acceptors (Lipinski definition) is 6. The molecule has 2 N–H and O–H groups in total. The Kier molecular flexibility index (Phi) is 5.61. The second-order valence-electron chi connectivity index (χ2n) is 5.53. The van der Waals surface area contributed by atoms with Crippen LogP contribution in [0.1, 0.15) is 33.1 Å². The van der Waals surface area contributed by atoms with Crippen molar-refractivity contribution in [3.05, 3.63) is 6.33 Å². The third-order valence-electron chi connectivity index (χ3n) is 3.87. The number of nitrogens with zero attached hydrogens (tertiary/aromatic N) is 3. The van der Waals surface area contributed by atoms with Gasteiger partial charge in [0, 0.05) is 19.7 Å². The minimum atomic E-state index is 0.399. The highest BCUT2D eigenvalue weighted by molar-refractivity contribution is 5.68. The zero-order chi connectivity index (χ0) is 15.2. The van der Waals surface area contributed by atoms with Crippen LogP contribution in [0, 0.1) is 5.92 Å². The lowest BCUT2D eigenvalue weighted by atomic mass is 10.1. The molecule has 1 unspecified atom stereocenters. The first-order chi connectivity index (χ1) is 10.2. The monoisotopic (exact) mass is 294 g/mol. The van der Waals surface area contributed by atoms with Crippen LogP contribution >= 0.6 is 0 Å². The van der Waals surface area contributed by atoms with E-state index in [9.17, 15) is 0 Å². The van der Waals surface area contributed by atoms with E-state index >= 15 is 0 Å². The van der Waals surface area contributed by atoms with E-state index < -0.39 is 0 Å². The topological polar surface area (TPSA) is 73.5 Å². The predicted molar refractivity (Wildman–Crippen MR) is 83.6 cm³/mol. The third kappa shape index (κ3) is 3.97. The smallest absolute Gasteiger partial charge is 0.242 e. The highest BCUT2D eigenvalue weighted by Gasteiger charge is 2.33. The molecule has 118 valence electrons. The lowest BCUT2D eigenvalue weighted by Crippen LogP contribution is -2.38. The van der Waals surface area contributed by atoms with Gasteiger partial charge in [0.2, 0.25) is 5.88 Å². The van der Waals surface area contributed by atoms with E-state index in [-0.39, 0.29) is 0 Å². The molecule has 1 aromatic heterocycles. The molecule has 6 heteroatoms. The molecule has 1 heterocycles. The van der Waals surface area contributed by atoms with Crippen LogP contribution in [0.25, 0.3) is 0 Å². The first kappa shape index (κ1) is 15.8. The Labute approximate surface area is 126 Å². The van der Waals surface area contributed by atoms with Gasteiger partial charge in [-0.1, -0.05) is 6.92 Å². The van der Waals surface area contributed by atoms with Crippen molar-refractivity contribution in [1.29, 1.82) is 0 Å². The quantitative estimate of drug-likeness (QED) is 0.752.